The average molecular weight is 306 g/mol. The molecule has 114 valence electrons. The van der Waals surface area contributed by atoms with Gasteiger partial charge in [-0.1, -0.05) is 12.1 Å². The van der Waals surface area contributed by atoms with Gasteiger partial charge < -0.3 is 14.7 Å². The molecule has 0 unspecified atom stereocenters. The molecule has 0 aliphatic heterocycles. The van der Waals surface area contributed by atoms with Gasteiger partial charge in [0.15, 0.2) is 0 Å². The van der Waals surface area contributed by atoms with E-state index in [-0.39, 0.29) is 11.7 Å². The summed E-state index contributed by atoms with van der Waals surface area (Å²) in [5, 5.41) is 0. The van der Waals surface area contributed by atoms with Crippen LogP contribution in [0.2, 0.25) is 0 Å². The van der Waals surface area contributed by atoms with Gasteiger partial charge in [-0.2, -0.15) is 0 Å². The molecule has 0 aliphatic carbocycles. The van der Waals surface area contributed by atoms with Crippen molar-refractivity contribution in [2.75, 3.05) is 0 Å². The van der Waals surface area contributed by atoms with Gasteiger partial charge in [0.2, 0.25) is 0 Å². The van der Waals surface area contributed by atoms with Crippen LogP contribution >= 0.6 is 0 Å². The highest BCUT2D eigenvalue weighted by molar-refractivity contribution is 5.40. The molecule has 6 heteroatoms. The minimum absolute atomic E-state index is 0.107. The van der Waals surface area contributed by atoms with Crippen LogP contribution in [-0.2, 0) is 0 Å². The zero-order valence-corrected chi connectivity index (χ0v) is 11.4. The first-order chi connectivity index (χ1) is 10.5. The molecule has 0 fully saturated rings. The maximum Gasteiger partial charge on any atom is 0.573 e. The summed E-state index contributed by atoms with van der Waals surface area (Å²) in [7, 11) is 0. The fourth-order valence-corrected chi connectivity index (χ4v) is 2.44. The van der Waals surface area contributed by atoms with Gasteiger partial charge in [-0.15, -0.1) is 13.2 Å². The topological polar surface area (TPSA) is 40.8 Å². The third kappa shape index (κ3) is 3.16. The van der Waals surface area contributed by atoms with Gasteiger partial charge >= 0.3 is 6.36 Å². The second-order valence-electron chi connectivity index (χ2n) is 4.80. The van der Waals surface area contributed by atoms with Gasteiger partial charge in [0, 0.05) is 23.8 Å². The number of aromatic nitrogens is 2. The number of benzene rings is 1. The van der Waals surface area contributed by atoms with Crippen LogP contribution < -0.4 is 4.74 Å². The lowest BCUT2D eigenvalue weighted by Crippen LogP contribution is -2.17. The molecule has 0 bridgehead atoms. The van der Waals surface area contributed by atoms with Gasteiger partial charge in [-0.05, 0) is 42.0 Å². The summed E-state index contributed by atoms with van der Waals surface area (Å²) in [6, 6.07) is 13.5. The number of nitrogens with one attached hydrogen (secondary N) is 2. The monoisotopic (exact) mass is 306 g/mol. The molecule has 0 amide bonds. The van der Waals surface area contributed by atoms with Crippen LogP contribution in [0, 0.1) is 0 Å². The SMILES string of the molecule is FC(F)(F)Oc1ccc(C(c2ccc[nH]2)c2ccc[nH]2)cc1. The van der Waals surface area contributed by atoms with E-state index in [1.54, 1.807) is 12.1 Å². The molecule has 2 N–H and O–H groups in total. The minimum atomic E-state index is -4.68. The van der Waals surface area contributed by atoms with Crippen LogP contribution in [0.25, 0.3) is 0 Å². The molecular formula is C16H13F3N2O. The van der Waals surface area contributed by atoms with Crippen molar-refractivity contribution in [2.45, 2.75) is 12.3 Å². The van der Waals surface area contributed by atoms with E-state index in [0.29, 0.717) is 0 Å². The molecule has 0 saturated heterocycles. The van der Waals surface area contributed by atoms with Gasteiger partial charge in [0.1, 0.15) is 5.75 Å². The van der Waals surface area contributed by atoms with E-state index in [1.807, 2.05) is 36.7 Å². The van der Waals surface area contributed by atoms with Crippen LogP contribution in [0.4, 0.5) is 13.2 Å². The Labute approximate surface area is 124 Å². The maximum absolute atomic E-state index is 12.2. The first-order valence-electron chi connectivity index (χ1n) is 6.65. The third-order valence-corrected chi connectivity index (χ3v) is 3.31. The van der Waals surface area contributed by atoms with Crippen molar-refractivity contribution < 1.29 is 17.9 Å². The van der Waals surface area contributed by atoms with Crippen LogP contribution in [0.3, 0.4) is 0 Å². The molecule has 1 aromatic carbocycles. The smallest absolute Gasteiger partial charge is 0.406 e. The predicted molar refractivity (Wildman–Crippen MR) is 75.7 cm³/mol. The first kappa shape index (κ1) is 14.3. The largest absolute Gasteiger partial charge is 0.573 e. The minimum Gasteiger partial charge on any atom is -0.406 e. The summed E-state index contributed by atoms with van der Waals surface area (Å²) in [5.41, 5.74) is 2.76. The number of aromatic amines is 2. The summed E-state index contributed by atoms with van der Waals surface area (Å²) in [6.07, 6.45) is -1.06. The van der Waals surface area contributed by atoms with E-state index in [1.165, 1.54) is 12.1 Å². The zero-order valence-electron chi connectivity index (χ0n) is 11.4. The Morgan fingerprint density at radius 2 is 1.36 bits per heavy atom. The molecule has 0 radical (unpaired) electrons. The Balaban J connectivity index is 1.92. The van der Waals surface area contributed by atoms with Crippen LogP contribution in [0.5, 0.6) is 5.75 Å². The van der Waals surface area contributed by atoms with Crippen LogP contribution in [0.15, 0.2) is 60.9 Å². The van der Waals surface area contributed by atoms with Crippen molar-refractivity contribution in [3.05, 3.63) is 77.9 Å². The van der Waals surface area contributed by atoms with Gasteiger partial charge in [0.05, 0.1) is 5.92 Å². The fourth-order valence-electron chi connectivity index (χ4n) is 2.44. The maximum atomic E-state index is 12.2. The van der Waals surface area contributed by atoms with Crippen molar-refractivity contribution in [3.8, 4) is 5.75 Å². The van der Waals surface area contributed by atoms with Crippen LogP contribution in [0.1, 0.15) is 22.9 Å². The summed E-state index contributed by atoms with van der Waals surface area (Å²) in [6.45, 7) is 0. The molecule has 3 nitrogen and oxygen atoms in total. The lowest BCUT2D eigenvalue weighted by atomic mass is 9.92. The van der Waals surface area contributed by atoms with Crippen molar-refractivity contribution >= 4 is 0 Å². The molecular weight excluding hydrogens is 293 g/mol. The Bertz CT molecular complexity index is 667. The first-order valence-corrected chi connectivity index (χ1v) is 6.65. The number of rotatable bonds is 4. The van der Waals surface area contributed by atoms with Gasteiger partial charge in [-0.3, -0.25) is 0 Å². The van der Waals surface area contributed by atoms with E-state index in [0.717, 1.165) is 17.0 Å². The van der Waals surface area contributed by atoms with Crippen molar-refractivity contribution in [3.63, 3.8) is 0 Å². The fraction of sp³-hybridized carbons (Fsp3) is 0.125. The molecule has 0 aliphatic rings. The second kappa shape index (κ2) is 5.63. The second-order valence-corrected chi connectivity index (χ2v) is 4.80. The van der Waals surface area contributed by atoms with Gasteiger partial charge in [0.25, 0.3) is 0 Å². The number of hydrogen-bond donors (Lipinski definition) is 2. The number of halogens is 3. The molecule has 3 aromatic rings. The summed E-state index contributed by atoms with van der Waals surface area (Å²) >= 11 is 0. The highest BCUT2D eigenvalue weighted by Crippen LogP contribution is 2.31. The number of alkyl halides is 3. The number of hydrogen-bond acceptors (Lipinski definition) is 1. The molecule has 3 rings (SSSR count). The molecule has 2 aromatic heterocycles. The molecule has 2 heterocycles. The summed E-state index contributed by atoms with van der Waals surface area (Å²) in [4.78, 5) is 6.29. The van der Waals surface area contributed by atoms with E-state index in [9.17, 15) is 13.2 Å². The average Bonchev–Trinajstić information content (AvgIpc) is 3.13. The van der Waals surface area contributed by atoms with E-state index in [4.69, 9.17) is 0 Å². The lowest BCUT2D eigenvalue weighted by Gasteiger charge is -2.16. The highest BCUT2D eigenvalue weighted by Gasteiger charge is 2.31. The van der Waals surface area contributed by atoms with E-state index in [2.05, 4.69) is 14.7 Å². The van der Waals surface area contributed by atoms with Crippen molar-refractivity contribution in [1.29, 1.82) is 0 Å². The Kier molecular flexibility index (Phi) is 3.66. The van der Waals surface area contributed by atoms with E-state index >= 15 is 0 Å². The Hall–Kier alpha value is -2.63. The quantitative estimate of drug-likeness (QED) is 0.736. The lowest BCUT2D eigenvalue weighted by molar-refractivity contribution is -0.274. The number of ether oxygens (including phenoxy) is 1. The third-order valence-electron chi connectivity index (χ3n) is 3.31. The predicted octanol–water partition coefficient (Wildman–Crippen LogP) is 4.42. The van der Waals surface area contributed by atoms with Crippen molar-refractivity contribution in [1.82, 2.24) is 9.97 Å². The normalized spacial score (nSPS) is 11.8. The molecule has 0 atom stereocenters. The Morgan fingerprint density at radius 3 is 1.77 bits per heavy atom. The van der Waals surface area contributed by atoms with Crippen molar-refractivity contribution in [2.24, 2.45) is 0 Å². The standard InChI is InChI=1S/C16H13F3N2O/c17-16(18,19)22-12-7-5-11(6-8-12)15(13-3-1-9-20-13)14-4-2-10-21-14/h1-10,15,20-21H. The van der Waals surface area contributed by atoms with E-state index < -0.39 is 6.36 Å². The molecule has 0 spiro atoms. The number of H-pyrrole nitrogens is 2. The van der Waals surface area contributed by atoms with Crippen LogP contribution in [-0.4, -0.2) is 16.3 Å². The summed E-state index contributed by atoms with van der Waals surface area (Å²) in [5.74, 6) is -0.335. The van der Waals surface area contributed by atoms with Gasteiger partial charge in [-0.25, -0.2) is 0 Å². The highest BCUT2D eigenvalue weighted by atomic mass is 19.4. The Morgan fingerprint density at radius 1 is 0.818 bits per heavy atom. The summed E-state index contributed by atoms with van der Waals surface area (Å²) < 4.78 is 40.5. The molecule has 0 saturated carbocycles. The zero-order chi connectivity index (χ0) is 15.6. The molecule has 22 heavy (non-hydrogen) atoms.